The summed E-state index contributed by atoms with van der Waals surface area (Å²) in [6.45, 7) is 6.86. The maximum absolute atomic E-state index is 13.3. The third-order valence-corrected chi connectivity index (χ3v) is 6.28. The molecule has 1 aliphatic rings. The van der Waals surface area contributed by atoms with E-state index in [-0.39, 0.29) is 11.3 Å². The Bertz CT molecular complexity index is 1420. The van der Waals surface area contributed by atoms with Crippen molar-refractivity contribution in [2.75, 3.05) is 13.2 Å². The topological polar surface area (TPSA) is 81.3 Å². The Balaban J connectivity index is 1.82. The summed E-state index contributed by atoms with van der Waals surface area (Å²) < 4.78 is 13.9. The van der Waals surface area contributed by atoms with E-state index >= 15 is 0 Å². The lowest BCUT2D eigenvalue weighted by molar-refractivity contribution is -0.120. The van der Waals surface area contributed by atoms with Crippen molar-refractivity contribution in [1.29, 1.82) is 5.26 Å². The first kappa shape index (κ1) is 22.6. The number of fused-ring (bicyclic) bond motifs is 1. The molecule has 0 aliphatic carbocycles. The summed E-state index contributed by atoms with van der Waals surface area (Å²) in [7, 11) is 0. The van der Waals surface area contributed by atoms with Gasteiger partial charge in [-0.3, -0.25) is 14.2 Å². The van der Waals surface area contributed by atoms with Crippen LogP contribution in [0.25, 0.3) is 12.2 Å². The summed E-state index contributed by atoms with van der Waals surface area (Å²) in [6.07, 6.45) is 3.36. The molecule has 6 nitrogen and oxygen atoms in total. The van der Waals surface area contributed by atoms with Crippen LogP contribution < -0.4 is 24.2 Å². The summed E-state index contributed by atoms with van der Waals surface area (Å²) in [5, 5.41) is 9.03. The highest BCUT2D eigenvalue weighted by Gasteiger charge is 2.19. The molecule has 33 heavy (non-hydrogen) atoms. The van der Waals surface area contributed by atoms with Gasteiger partial charge in [-0.15, -0.1) is 11.3 Å². The van der Waals surface area contributed by atoms with Crippen LogP contribution in [-0.4, -0.2) is 23.6 Å². The Labute approximate surface area is 195 Å². The first-order chi connectivity index (χ1) is 15.7. The first-order valence-electron chi connectivity index (χ1n) is 10.6. The molecule has 168 valence electrons. The molecule has 0 fully saturated rings. The monoisotopic (exact) mass is 460 g/mol. The molecular weight excluding hydrogens is 436 g/mol. The fourth-order valence-electron chi connectivity index (χ4n) is 3.29. The van der Waals surface area contributed by atoms with Gasteiger partial charge in [-0.25, -0.2) is 0 Å². The first-order valence-corrected chi connectivity index (χ1v) is 11.4. The van der Waals surface area contributed by atoms with E-state index in [0.717, 1.165) is 11.1 Å². The second-order valence-corrected chi connectivity index (χ2v) is 9.87. The van der Waals surface area contributed by atoms with E-state index in [9.17, 15) is 9.59 Å². The van der Waals surface area contributed by atoms with Crippen LogP contribution in [0.1, 0.15) is 37.5 Å². The van der Waals surface area contributed by atoms with E-state index in [1.54, 1.807) is 28.9 Å². The number of aromatic nitrogens is 1. The number of rotatable bonds is 4. The normalized spacial score (nSPS) is 14.2. The Morgan fingerprint density at radius 1 is 1.12 bits per heavy atom. The van der Waals surface area contributed by atoms with Crippen molar-refractivity contribution in [1.82, 2.24) is 4.57 Å². The SMILES string of the molecule is CC(C)(C)C(=O)/C=c1\s/c(=C/c2ccc3c(c2)OCCO3)c(=O)n1Cc1ccc(C#N)cc1. The van der Waals surface area contributed by atoms with Gasteiger partial charge in [0.25, 0.3) is 5.56 Å². The van der Waals surface area contributed by atoms with Crippen molar-refractivity contribution in [3.8, 4) is 17.6 Å². The average Bonchev–Trinajstić information content (AvgIpc) is 3.07. The Hall–Kier alpha value is -3.63. The van der Waals surface area contributed by atoms with Crippen LogP contribution in [0, 0.1) is 16.7 Å². The Kier molecular flexibility index (Phi) is 6.21. The van der Waals surface area contributed by atoms with Gasteiger partial charge in [0.1, 0.15) is 17.9 Å². The van der Waals surface area contributed by atoms with Crippen molar-refractivity contribution in [2.24, 2.45) is 5.41 Å². The van der Waals surface area contributed by atoms with Crippen molar-refractivity contribution in [3.05, 3.63) is 78.7 Å². The van der Waals surface area contributed by atoms with E-state index in [2.05, 4.69) is 6.07 Å². The summed E-state index contributed by atoms with van der Waals surface area (Å²) in [5.74, 6) is 1.29. The number of thiazole rings is 1. The number of ketones is 1. The number of Topliss-reactive ketones (excluding diaryl/α,β-unsaturated/α-hetero) is 1. The molecule has 0 spiro atoms. The standard InChI is InChI=1S/C26H24N2O4S/c1-26(2,3)23(29)14-24-28(16-18-6-4-17(15-27)5-7-18)25(30)22(33-24)13-19-8-9-20-21(12-19)32-11-10-31-20/h4-9,12-14H,10-11,16H2,1-3H3/b22-13+,24-14-. The van der Waals surface area contributed by atoms with Crippen LogP contribution in [0.3, 0.4) is 0 Å². The number of hydrogen-bond acceptors (Lipinski definition) is 6. The van der Waals surface area contributed by atoms with Gasteiger partial charge in [0.2, 0.25) is 0 Å². The number of ether oxygens (including phenoxy) is 2. The highest BCUT2D eigenvalue weighted by atomic mass is 32.1. The number of nitrogens with zero attached hydrogens (tertiary/aromatic N) is 2. The van der Waals surface area contributed by atoms with Gasteiger partial charge in [-0.2, -0.15) is 5.26 Å². The van der Waals surface area contributed by atoms with Gasteiger partial charge in [-0.05, 0) is 41.5 Å². The van der Waals surface area contributed by atoms with Crippen molar-refractivity contribution < 1.29 is 14.3 Å². The molecule has 0 saturated carbocycles. The van der Waals surface area contributed by atoms with Gasteiger partial charge in [0.15, 0.2) is 17.3 Å². The van der Waals surface area contributed by atoms with Crippen LogP contribution >= 0.6 is 11.3 Å². The Morgan fingerprint density at radius 2 is 1.82 bits per heavy atom. The summed E-state index contributed by atoms with van der Waals surface area (Å²) in [5.41, 5.74) is 1.51. The number of benzene rings is 2. The minimum absolute atomic E-state index is 0.0526. The minimum Gasteiger partial charge on any atom is -0.486 e. The summed E-state index contributed by atoms with van der Waals surface area (Å²) >= 11 is 1.28. The number of nitriles is 1. The van der Waals surface area contributed by atoms with Crippen molar-refractivity contribution in [3.63, 3.8) is 0 Å². The smallest absolute Gasteiger partial charge is 0.269 e. The van der Waals surface area contributed by atoms with Crippen LogP contribution in [0.5, 0.6) is 11.5 Å². The third kappa shape index (κ3) is 5.07. The second kappa shape index (κ2) is 9.08. The largest absolute Gasteiger partial charge is 0.486 e. The lowest BCUT2D eigenvalue weighted by atomic mass is 9.91. The Morgan fingerprint density at radius 3 is 2.48 bits per heavy atom. The highest BCUT2D eigenvalue weighted by Crippen LogP contribution is 2.30. The third-order valence-electron chi connectivity index (χ3n) is 5.22. The van der Waals surface area contributed by atoms with E-state index in [4.69, 9.17) is 14.7 Å². The molecule has 7 heteroatoms. The molecule has 0 unspecified atom stereocenters. The molecule has 2 heterocycles. The van der Waals surface area contributed by atoms with Gasteiger partial charge in [-0.1, -0.05) is 39.0 Å². The van der Waals surface area contributed by atoms with E-state index in [0.29, 0.717) is 46.0 Å². The lowest BCUT2D eigenvalue weighted by Crippen LogP contribution is -2.32. The minimum atomic E-state index is -0.557. The maximum atomic E-state index is 13.3. The molecular formula is C26H24N2O4S. The molecule has 0 radical (unpaired) electrons. The van der Waals surface area contributed by atoms with Crippen LogP contribution in [0.2, 0.25) is 0 Å². The molecule has 1 aromatic heterocycles. The molecule has 2 aromatic carbocycles. The molecule has 4 rings (SSSR count). The zero-order valence-corrected chi connectivity index (χ0v) is 19.6. The second-order valence-electron chi connectivity index (χ2n) is 8.81. The molecule has 1 aliphatic heterocycles. The molecule has 0 saturated heterocycles. The molecule has 0 amide bonds. The fraction of sp³-hybridized carbons (Fsp3) is 0.269. The van der Waals surface area contributed by atoms with Gasteiger partial charge in [0, 0.05) is 11.5 Å². The van der Waals surface area contributed by atoms with Gasteiger partial charge in [0.05, 0.1) is 22.7 Å². The van der Waals surface area contributed by atoms with Gasteiger partial charge < -0.3 is 9.47 Å². The number of hydrogen-bond donors (Lipinski definition) is 0. The van der Waals surface area contributed by atoms with Crippen LogP contribution in [0.4, 0.5) is 0 Å². The lowest BCUT2D eigenvalue weighted by Gasteiger charge is -2.18. The predicted molar refractivity (Wildman–Crippen MR) is 128 cm³/mol. The van der Waals surface area contributed by atoms with E-state index in [1.807, 2.05) is 51.1 Å². The van der Waals surface area contributed by atoms with E-state index < -0.39 is 5.41 Å². The summed E-state index contributed by atoms with van der Waals surface area (Å²) in [6, 6.07) is 14.7. The quantitative estimate of drug-likeness (QED) is 0.598. The fourth-order valence-corrected chi connectivity index (χ4v) is 4.33. The number of carbonyl (C=O) groups excluding carboxylic acids is 1. The zero-order chi connectivity index (χ0) is 23.6. The van der Waals surface area contributed by atoms with Crippen molar-refractivity contribution in [2.45, 2.75) is 27.3 Å². The highest BCUT2D eigenvalue weighted by molar-refractivity contribution is 7.07. The molecule has 0 atom stereocenters. The van der Waals surface area contributed by atoms with Crippen LogP contribution in [-0.2, 0) is 11.3 Å². The zero-order valence-electron chi connectivity index (χ0n) is 18.8. The summed E-state index contributed by atoms with van der Waals surface area (Å²) in [4.78, 5) is 26.1. The van der Waals surface area contributed by atoms with Crippen molar-refractivity contribution >= 4 is 29.3 Å². The average molecular weight is 461 g/mol. The predicted octanol–water partition coefficient (Wildman–Crippen LogP) is 2.83. The maximum Gasteiger partial charge on any atom is 0.269 e. The van der Waals surface area contributed by atoms with E-state index in [1.165, 1.54) is 11.3 Å². The molecule has 0 bridgehead atoms. The number of carbonyl (C=O) groups is 1. The molecule has 0 N–H and O–H groups in total. The van der Waals surface area contributed by atoms with Gasteiger partial charge >= 0.3 is 0 Å². The molecule has 3 aromatic rings. The van der Waals surface area contributed by atoms with Crippen LogP contribution in [0.15, 0.2) is 47.3 Å².